The molecule has 40 heavy (non-hydrogen) atoms. The number of hydrogen-bond acceptors (Lipinski definition) is 7. The Kier molecular flexibility index (Phi) is 15.2. The summed E-state index contributed by atoms with van der Waals surface area (Å²) in [6.07, 6.45) is 6.19. The SMILES string of the molecule is C=CC(=O)Oc1ccc(-c2cc(OC)c(-c3ccc(OC)cc3)cc2OC=C(C)C)cc1.C=CC=O.CCC=O. The second kappa shape index (κ2) is 18.4. The Hall–Kier alpha value is -4.91. The van der Waals surface area contributed by atoms with Crippen molar-refractivity contribution in [2.75, 3.05) is 14.2 Å². The highest BCUT2D eigenvalue weighted by molar-refractivity contribution is 5.84. The van der Waals surface area contributed by atoms with Gasteiger partial charge in [0.15, 0.2) is 0 Å². The Morgan fingerprint density at radius 3 is 1.68 bits per heavy atom. The molecule has 0 N–H and O–H groups in total. The summed E-state index contributed by atoms with van der Waals surface area (Å²) in [5.41, 5.74) is 4.64. The zero-order valence-electron chi connectivity index (χ0n) is 23.6. The van der Waals surface area contributed by atoms with Gasteiger partial charge in [-0.25, -0.2) is 4.79 Å². The van der Waals surface area contributed by atoms with Crippen LogP contribution in [0.3, 0.4) is 0 Å². The van der Waals surface area contributed by atoms with Gasteiger partial charge in [0.1, 0.15) is 35.6 Å². The molecule has 7 heteroatoms. The molecular weight excluding hydrogens is 508 g/mol. The van der Waals surface area contributed by atoms with E-state index in [0.29, 0.717) is 30.0 Å². The van der Waals surface area contributed by atoms with Gasteiger partial charge in [-0.2, -0.15) is 0 Å². The summed E-state index contributed by atoms with van der Waals surface area (Å²) in [6.45, 7) is 12.3. The zero-order chi connectivity index (χ0) is 29.9. The highest BCUT2D eigenvalue weighted by atomic mass is 16.5. The monoisotopic (exact) mass is 544 g/mol. The molecule has 0 unspecified atom stereocenters. The van der Waals surface area contributed by atoms with Gasteiger partial charge in [-0.3, -0.25) is 4.79 Å². The Labute approximate surface area is 236 Å². The van der Waals surface area contributed by atoms with E-state index in [4.69, 9.17) is 23.7 Å². The topological polar surface area (TPSA) is 88.1 Å². The van der Waals surface area contributed by atoms with Crippen LogP contribution in [0.15, 0.2) is 97.8 Å². The number of esters is 1. The van der Waals surface area contributed by atoms with Crippen molar-refractivity contribution in [2.24, 2.45) is 0 Å². The lowest BCUT2D eigenvalue weighted by Gasteiger charge is -2.16. The molecule has 0 fully saturated rings. The fraction of sp³-hybridized carbons (Fsp3) is 0.182. The highest BCUT2D eigenvalue weighted by Crippen LogP contribution is 2.41. The van der Waals surface area contributed by atoms with Crippen molar-refractivity contribution in [3.05, 3.63) is 97.8 Å². The van der Waals surface area contributed by atoms with E-state index in [2.05, 4.69) is 13.2 Å². The Bertz CT molecular complexity index is 1280. The largest absolute Gasteiger partial charge is 0.497 e. The van der Waals surface area contributed by atoms with Gasteiger partial charge in [0.25, 0.3) is 0 Å². The fourth-order valence-corrected chi connectivity index (χ4v) is 3.09. The van der Waals surface area contributed by atoms with E-state index < -0.39 is 5.97 Å². The normalized spacial score (nSPS) is 9.22. The van der Waals surface area contributed by atoms with Crippen molar-refractivity contribution in [1.29, 1.82) is 0 Å². The smallest absolute Gasteiger partial charge is 0.335 e. The molecule has 0 aliphatic carbocycles. The summed E-state index contributed by atoms with van der Waals surface area (Å²) in [4.78, 5) is 29.7. The molecule has 0 radical (unpaired) electrons. The fourth-order valence-electron chi connectivity index (χ4n) is 3.09. The van der Waals surface area contributed by atoms with E-state index >= 15 is 0 Å². The molecule has 3 rings (SSSR count). The molecule has 0 saturated carbocycles. The van der Waals surface area contributed by atoms with Crippen LogP contribution in [0.5, 0.6) is 23.0 Å². The molecular formula is C33H36O7. The van der Waals surface area contributed by atoms with Crippen molar-refractivity contribution in [3.63, 3.8) is 0 Å². The Morgan fingerprint density at radius 2 is 1.27 bits per heavy atom. The maximum Gasteiger partial charge on any atom is 0.335 e. The number of hydrogen-bond donors (Lipinski definition) is 0. The quantitative estimate of drug-likeness (QED) is 0.0864. The van der Waals surface area contributed by atoms with E-state index in [1.54, 1.807) is 32.6 Å². The zero-order valence-corrected chi connectivity index (χ0v) is 23.6. The molecule has 3 aromatic carbocycles. The first-order chi connectivity index (χ1) is 19.3. The molecule has 0 atom stereocenters. The van der Waals surface area contributed by atoms with E-state index in [-0.39, 0.29) is 0 Å². The third kappa shape index (κ3) is 10.8. The molecule has 0 bridgehead atoms. The molecule has 0 spiro atoms. The number of benzene rings is 3. The summed E-state index contributed by atoms with van der Waals surface area (Å²) in [7, 11) is 3.28. The van der Waals surface area contributed by atoms with Crippen LogP contribution in [0.1, 0.15) is 27.2 Å². The molecule has 0 amide bonds. The molecule has 7 nitrogen and oxygen atoms in total. The standard InChI is InChI=1S/C27H26O5.C3H6O.C3H4O/c1-6-27(28)32-22-13-9-20(10-14-22)24-15-25(30-5)23(16-26(24)31-17-18(2)3)19-7-11-21(29-4)12-8-19;2*1-2-3-4/h6-17H,1H2,2-5H3;3H,2H2,1H3;2-3H,1H2. The second-order valence-corrected chi connectivity index (χ2v) is 8.19. The van der Waals surface area contributed by atoms with Crippen LogP contribution in [0.2, 0.25) is 0 Å². The van der Waals surface area contributed by atoms with E-state index in [9.17, 15) is 9.59 Å². The predicted octanol–water partition coefficient (Wildman–Crippen LogP) is 7.40. The van der Waals surface area contributed by atoms with Gasteiger partial charge in [-0.1, -0.05) is 44.3 Å². The van der Waals surface area contributed by atoms with Gasteiger partial charge in [-0.15, -0.1) is 0 Å². The molecule has 0 saturated heterocycles. The molecule has 0 aliphatic rings. The van der Waals surface area contributed by atoms with Gasteiger partial charge in [-0.05, 0) is 73.0 Å². The van der Waals surface area contributed by atoms with Gasteiger partial charge >= 0.3 is 5.97 Å². The number of allylic oxidation sites excluding steroid dienone is 2. The molecule has 3 aromatic rings. The van der Waals surface area contributed by atoms with Gasteiger partial charge in [0, 0.05) is 23.6 Å². The predicted molar refractivity (Wildman–Crippen MR) is 159 cm³/mol. The number of carbonyl (C=O) groups excluding carboxylic acids is 3. The summed E-state index contributed by atoms with van der Waals surface area (Å²) in [6, 6.07) is 18.8. The molecule has 0 heterocycles. The van der Waals surface area contributed by atoms with E-state index in [1.165, 1.54) is 6.08 Å². The number of ether oxygens (including phenoxy) is 4. The van der Waals surface area contributed by atoms with Crippen LogP contribution in [-0.4, -0.2) is 32.8 Å². The van der Waals surface area contributed by atoms with Crippen LogP contribution in [-0.2, 0) is 14.4 Å². The van der Waals surface area contributed by atoms with Crippen molar-refractivity contribution in [2.45, 2.75) is 27.2 Å². The average molecular weight is 545 g/mol. The van der Waals surface area contributed by atoms with Crippen LogP contribution in [0, 0.1) is 0 Å². The number of aldehydes is 2. The number of carbonyl (C=O) groups is 3. The average Bonchev–Trinajstić information content (AvgIpc) is 3.00. The number of rotatable bonds is 10. The van der Waals surface area contributed by atoms with Crippen molar-refractivity contribution in [1.82, 2.24) is 0 Å². The van der Waals surface area contributed by atoms with Crippen molar-refractivity contribution < 1.29 is 33.3 Å². The van der Waals surface area contributed by atoms with Crippen LogP contribution < -0.4 is 18.9 Å². The maximum atomic E-state index is 11.4. The van der Waals surface area contributed by atoms with E-state index in [1.807, 2.05) is 69.3 Å². The van der Waals surface area contributed by atoms with Gasteiger partial charge in [0.2, 0.25) is 0 Å². The van der Waals surface area contributed by atoms with E-state index in [0.717, 1.165) is 45.9 Å². The lowest BCUT2D eigenvalue weighted by molar-refractivity contribution is -0.129. The minimum Gasteiger partial charge on any atom is -0.497 e. The lowest BCUT2D eigenvalue weighted by Crippen LogP contribution is -2.02. The first-order valence-corrected chi connectivity index (χ1v) is 12.4. The summed E-state index contributed by atoms with van der Waals surface area (Å²) < 4.78 is 22.2. The van der Waals surface area contributed by atoms with Crippen molar-refractivity contribution >= 4 is 18.5 Å². The third-order valence-corrected chi connectivity index (χ3v) is 4.94. The Morgan fingerprint density at radius 1 is 0.800 bits per heavy atom. The minimum atomic E-state index is -0.504. The van der Waals surface area contributed by atoms with Gasteiger partial charge < -0.3 is 23.7 Å². The van der Waals surface area contributed by atoms with Crippen LogP contribution in [0.4, 0.5) is 0 Å². The van der Waals surface area contributed by atoms with Crippen LogP contribution in [0.25, 0.3) is 22.3 Å². The second-order valence-electron chi connectivity index (χ2n) is 8.19. The number of methoxy groups -OCH3 is 2. The summed E-state index contributed by atoms with van der Waals surface area (Å²) >= 11 is 0. The summed E-state index contributed by atoms with van der Waals surface area (Å²) in [5.74, 6) is 2.09. The molecule has 0 aliphatic heterocycles. The first kappa shape index (κ1) is 33.1. The molecule has 0 aromatic heterocycles. The highest BCUT2D eigenvalue weighted by Gasteiger charge is 2.15. The van der Waals surface area contributed by atoms with Crippen LogP contribution >= 0.6 is 0 Å². The van der Waals surface area contributed by atoms with Gasteiger partial charge in [0.05, 0.1) is 20.5 Å². The molecule has 210 valence electrons. The minimum absolute atomic E-state index is 0.437. The third-order valence-electron chi connectivity index (χ3n) is 4.94. The van der Waals surface area contributed by atoms with Crippen molar-refractivity contribution in [3.8, 4) is 45.3 Å². The first-order valence-electron chi connectivity index (χ1n) is 12.4. The summed E-state index contributed by atoms with van der Waals surface area (Å²) in [5, 5.41) is 0. The lowest BCUT2D eigenvalue weighted by atomic mass is 9.97. The Balaban J connectivity index is 0.000000883. The maximum absolute atomic E-state index is 11.4.